The number of para-hydroxylation sites is 1. The Morgan fingerprint density at radius 1 is 1.00 bits per heavy atom. The maximum Gasteiger partial charge on any atom is 0.245 e. The standard InChI is InChI=1S/C21H26N2O2S/c1-2-3-10-17(16-26-19-13-8-5-9-14-19)21(25)23-20(24)15-22-18-11-6-4-7-12-18/h4-9,11-14,17,22H,2-3,10,15-16H2,1H3,(H,23,24,25)/t17-/m1/s1. The highest BCUT2D eigenvalue weighted by Crippen LogP contribution is 2.23. The molecule has 0 aliphatic rings. The summed E-state index contributed by atoms with van der Waals surface area (Å²) in [5.74, 6) is 0.0301. The van der Waals surface area contributed by atoms with Crippen molar-refractivity contribution >= 4 is 29.3 Å². The number of rotatable bonds is 10. The van der Waals surface area contributed by atoms with E-state index in [4.69, 9.17) is 0 Å². The first kappa shape index (κ1) is 20.0. The van der Waals surface area contributed by atoms with E-state index in [-0.39, 0.29) is 24.3 Å². The van der Waals surface area contributed by atoms with Gasteiger partial charge in [-0.1, -0.05) is 56.2 Å². The highest BCUT2D eigenvalue weighted by atomic mass is 32.2. The summed E-state index contributed by atoms with van der Waals surface area (Å²) in [4.78, 5) is 25.7. The molecule has 2 amide bonds. The maximum atomic E-state index is 12.5. The van der Waals surface area contributed by atoms with Gasteiger partial charge in [-0.2, -0.15) is 0 Å². The highest BCUT2D eigenvalue weighted by Gasteiger charge is 2.20. The number of hydrogen-bond acceptors (Lipinski definition) is 4. The Kier molecular flexibility index (Phi) is 8.76. The zero-order valence-electron chi connectivity index (χ0n) is 15.1. The van der Waals surface area contributed by atoms with Gasteiger partial charge in [0.25, 0.3) is 0 Å². The molecule has 0 aromatic heterocycles. The molecule has 26 heavy (non-hydrogen) atoms. The van der Waals surface area contributed by atoms with Gasteiger partial charge < -0.3 is 5.32 Å². The first-order valence-electron chi connectivity index (χ1n) is 8.99. The molecule has 2 aromatic rings. The second kappa shape index (κ2) is 11.4. The van der Waals surface area contributed by atoms with Crippen LogP contribution in [0.1, 0.15) is 26.2 Å². The average Bonchev–Trinajstić information content (AvgIpc) is 2.68. The van der Waals surface area contributed by atoms with Crippen molar-refractivity contribution in [1.82, 2.24) is 5.32 Å². The number of nitrogens with one attached hydrogen (secondary N) is 2. The number of unbranched alkanes of at least 4 members (excludes halogenated alkanes) is 1. The van der Waals surface area contributed by atoms with Crippen LogP contribution in [0.25, 0.3) is 0 Å². The normalized spacial score (nSPS) is 11.6. The van der Waals surface area contributed by atoms with Crippen LogP contribution in [-0.4, -0.2) is 24.1 Å². The third-order valence-corrected chi connectivity index (χ3v) is 5.14. The minimum Gasteiger partial charge on any atom is -0.376 e. The van der Waals surface area contributed by atoms with Crippen LogP contribution in [0.4, 0.5) is 5.69 Å². The third-order valence-electron chi connectivity index (χ3n) is 3.96. The monoisotopic (exact) mass is 370 g/mol. The lowest BCUT2D eigenvalue weighted by atomic mass is 10.0. The SMILES string of the molecule is CCCC[C@H](CSc1ccccc1)C(=O)NC(=O)CNc1ccccc1. The molecule has 0 saturated heterocycles. The largest absolute Gasteiger partial charge is 0.376 e. The smallest absolute Gasteiger partial charge is 0.245 e. The number of hydrogen-bond donors (Lipinski definition) is 2. The topological polar surface area (TPSA) is 58.2 Å². The van der Waals surface area contributed by atoms with Gasteiger partial charge in [0.05, 0.1) is 6.54 Å². The fourth-order valence-corrected chi connectivity index (χ4v) is 3.54. The summed E-state index contributed by atoms with van der Waals surface area (Å²) in [6.07, 6.45) is 2.80. The molecule has 5 heteroatoms. The molecule has 0 unspecified atom stereocenters. The van der Waals surface area contributed by atoms with E-state index in [1.54, 1.807) is 11.8 Å². The van der Waals surface area contributed by atoms with Crippen molar-refractivity contribution in [3.05, 3.63) is 60.7 Å². The van der Waals surface area contributed by atoms with Gasteiger partial charge in [0.1, 0.15) is 0 Å². The maximum absolute atomic E-state index is 12.5. The van der Waals surface area contributed by atoms with Crippen LogP contribution in [0.5, 0.6) is 0 Å². The molecule has 0 radical (unpaired) electrons. The predicted molar refractivity (Wildman–Crippen MR) is 108 cm³/mol. The van der Waals surface area contributed by atoms with Gasteiger partial charge in [0.15, 0.2) is 0 Å². The number of thioether (sulfide) groups is 1. The van der Waals surface area contributed by atoms with Crippen LogP contribution in [0.3, 0.4) is 0 Å². The van der Waals surface area contributed by atoms with E-state index in [0.29, 0.717) is 5.75 Å². The molecular formula is C21H26N2O2S. The molecule has 0 fully saturated rings. The Hall–Kier alpha value is -2.27. The van der Waals surface area contributed by atoms with Crippen molar-refractivity contribution in [2.24, 2.45) is 5.92 Å². The molecule has 0 saturated carbocycles. The second-order valence-electron chi connectivity index (χ2n) is 6.10. The fourth-order valence-electron chi connectivity index (χ4n) is 2.48. The summed E-state index contributed by atoms with van der Waals surface area (Å²) in [5.41, 5.74) is 0.859. The quantitative estimate of drug-likeness (QED) is 0.611. The van der Waals surface area contributed by atoms with Crippen LogP contribution in [0.2, 0.25) is 0 Å². The van der Waals surface area contributed by atoms with Gasteiger partial charge in [-0.25, -0.2) is 0 Å². The van der Waals surface area contributed by atoms with E-state index >= 15 is 0 Å². The molecule has 0 aliphatic carbocycles. The Morgan fingerprint density at radius 2 is 1.65 bits per heavy atom. The number of carbonyl (C=O) groups excluding carboxylic acids is 2. The Morgan fingerprint density at radius 3 is 2.31 bits per heavy atom. The Bertz CT molecular complexity index is 677. The van der Waals surface area contributed by atoms with Crippen LogP contribution >= 0.6 is 11.8 Å². The number of anilines is 1. The summed E-state index contributed by atoms with van der Waals surface area (Å²) in [6, 6.07) is 19.5. The number of amides is 2. The molecule has 0 aliphatic heterocycles. The van der Waals surface area contributed by atoms with E-state index in [1.807, 2.05) is 60.7 Å². The minimum absolute atomic E-state index is 0.0854. The van der Waals surface area contributed by atoms with Crippen molar-refractivity contribution in [3.63, 3.8) is 0 Å². The van der Waals surface area contributed by atoms with Gasteiger partial charge in [0.2, 0.25) is 11.8 Å². The van der Waals surface area contributed by atoms with Gasteiger partial charge in [-0.15, -0.1) is 11.8 Å². The van der Waals surface area contributed by atoms with E-state index in [1.165, 1.54) is 0 Å². The molecule has 2 N–H and O–H groups in total. The van der Waals surface area contributed by atoms with E-state index in [9.17, 15) is 9.59 Å². The molecular weight excluding hydrogens is 344 g/mol. The zero-order valence-corrected chi connectivity index (χ0v) is 15.9. The van der Waals surface area contributed by atoms with Crippen LogP contribution in [0.15, 0.2) is 65.6 Å². The molecule has 0 heterocycles. The minimum atomic E-state index is -0.301. The van der Waals surface area contributed by atoms with Crippen molar-refractivity contribution in [2.45, 2.75) is 31.1 Å². The van der Waals surface area contributed by atoms with E-state index in [0.717, 1.165) is 29.8 Å². The lowest BCUT2D eigenvalue weighted by Gasteiger charge is -2.16. The lowest BCUT2D eigenvalue weighted by Crippen LogP contribution is -2.39. The molecule has 2 aromatic carbocycles. The van der Waals surface area contributed by atoms with Crippen molar-refractivity contribution in [2.75, 3.05) is 17.6 Å². The summed E-state index contributed by atoms with van der Waals surface area (Å²) >= 11 is 1.66. The first-order chi connectivity index (χ1) is 12.7. The Labute approximate surface area is 159 Å². The van der Waals surface area contributed by atoms with Gasteiger partial charge in [-0.05, 0) is 30.7 Å². The molecule has 0 bridgehead atoms. The van der Waals surface area contributed by atoms with Crippen molar-refractivity contribution in [1.29, 1.82) is 0 Å². The van der Waals surface area contributed by atoms with Gasteiger partial charge in [-0.3, -0.25) is 14.9 Å². The third kappa shape index (κ3) is 7.31. The van der Waals surface area contributed by atoms with E-state index in [2.05, 4.69) is 17.6 Å². The summed E-state index contributed by atoms with van der Waals surface area (Å²) < 4.78 is 0. The fraction of sp³-hybridized carbons (Fsp3) is 0.333. The Balaban J connectivity index is 1.83. The first-order valence-corrected chi connectivity index (χ1v) is 9.98. The molecule has 138 valence electrons. The number of imide groups is 1. The molecule has 4 nitrogen and oxygen atoms in total. The summed E-state index contributed by atoms with van der Waals surface area (Å²) in [6.45, 7) is 2.19. The van der Waals surface area contributed by atoms with Crippen LogP contribution in [0, 0.1) is 5.92 Å². The number of benzene rings is 2. The molecule has 0 spiro atoms. The summed E-state index contributed by atoms with van der Waals surface area (Å²) in [5, 5.41) is 5.56. The van der Waals surface area contributed by atoms with Crippen LogP contribution < -0.4 is 10.6 Å². The van der Waals surface area contributed by atoms with Gasteiger partial charge >= 0.3 is 0 Å². The van der Waals surface area contributed by atoms with Crippen molar-refractivity contribution in [3.8, 4) is 0 Å². The summed E-state index contributed by atoms with van der Waals surface area (Å²) in [7, 11) is 0. The van der Waals surface area contributed by atoms with Gasteiger partial charge in [0, 0.05) is 22.3 Å². The zero-order chi connectivity index (χ0) is 18.6. The molecule has 2 rings (SSSR count). The van der Waals surface area contributed by atoms with Crippen LogP contribution in [-0.2, 0) is 9.59 Å². The average molecular weight is 371 g/mol. The molecule has 1 atom stereocenters. The second-order valence-corrected chi connectivity index (χ2v) is 7.19. The lowest BCUT2D eigenvalue weighted by molar-refractivity contribution is -0.131. The highest BCUT2D eigenvalue weighted by molar-refractivity contribution is 7.99. The predicted octanol–water partition coefficient (Wildman–Crippen LogP) is 4.34. The van der Waals surface area contributed by atoms with E-state index < -0.39 is 0 Å². The number of carbonyl (C=O) groups is 2. The van der Waals surface area contributed by atoms with Crippen molar-refractivity contribution < 1.29 is 9.59 Å².